The average Bonchev–Trinajstić information content (AvgIpc) is 2.97. The number of carbonyl (C=O) groups is 1. The molecular formula is C20H26N4O. The monoisotopic (exact) mass is 338 g/mol. The molecule has 25 heavy (non-hydrogen) atoms. The Morgan fingerprint density at radius 1 is 1.16 bits per heavy atom. The van der Waals surface area contributed by atoms with Crippen molar-refractivity contribution in [3.8, 4) is 11.4 Å². The minimum atomic E-state index is -0.119. The quantitative estimate of drug-likeness (QED) is 0.923. The molecule has 0 bridgehead atoms. The lowest BCUT2D eigenvalue weighted by molar-refractivity contribution is -0.124. The van der Waals surface area contributed by atoms with E-state index in [9.17, 15) is 4.79 Å². The third-order valence-corrected chi connectivity index (χ3v) is 6.06. The van der Waals surface area contributed by atoms with Crippen molar-refractivity contribution in [2.75, 3.05) is 0 Å². The van der Waals surface area contributed by atoms with Crippen LogP contribution in [0.1, 0.15) is 51.9 Å². The molecule has 2 aromatic heterocycles. The summed E-state index contributed by atoms with van der Waals surface area (Å²) in [5, 5.41) is 3.14. The van der Waals surface area contributed by atoms with Gasteiger partial charge >= 0.3 is 0 Å². The SMILES string of the molecule is Cc1nc(-c2ccncc2)ncc1[C@H](C)NC(=O)C1C(C)(C)C1(C)C. The zero-order valence-electron chi connectivity index (χ0n) is 15.8. The standard InChI is InChI=1S/C20H26N4O/c1-12-15(11-22-17(23-12)14-7-9-21-10-8-14)13(2)24-18(25)16-19(3,4)20(16,5)6/h7-11,13,16H,1-6H3,(H,24,25)/t13-/m0/s1. The van der Waals surface area contributed by atoms with E-state index in [0.717, 1.165) is 16.8 Å². The molecular weight excluding hydrogens is 312 g/mol. The Morgan fingerprint density at radius 3 is 2.28 bits per heavy atom. The summed E-state index contributed by atoms with van der Waals surface area (Å²) in [7, 11) is 0. The Morgan fingerprint density at radius 2 is 1.76 bits per heavy atom. The predicted molar refractivity (Wildman–Crippen MR) is 97.6 cm³/mol. The van der Waals surface area contributed by atoms with Crippen LogP contribution in [0, 0.1) is 23.7 Å². The topological polar surface area (TPSA) is 67.8 Å². The molecule has 3 rings (SSSR count). The van der Waals surface area contributed by atoms with Crippen molar-refractivity contribution in [3.63, 3.8) is 0 Å². The number of nitrogens with zero attached hydrogens (tertiary/aromatic N) is 3. The summed E-state index contributed by atoms with van der Waals surface area (Å²) in [6.07, 6.45) is 5.26. The normalized spacial score (nSPS) is 19.3. The molecule has 2 heterocycles. The van der Waals surface area contributed by atoms with Gasteiger partial charge in [0.05, 0.1) is 6.04 Å². The van der Waals surface area contributed by atoms with E-state index in [1.54, 1.807) is 12.4 Å². The van der Waals surface area contributed by atoms with E-state index in [1.165, 1.54) is 0 Å². The van der Waals surface area contributed by atoms with Gasteiger partial charge in [0.25, 0.3) is 0 Å². The van der Waals surface area contributed by atoms with Crippen LogP contribution in [0.4, 0.5) is 0 Å². The van der Waals surface area contributed by atoms with Crippen LogP contribution >= 0.6 is 0 Å². The highest BCUT2D eigenvalue weighted by atomic mass is 16.2. The van der Waals surface area contributed by atoms with Crippen molar-refractivity contribution in [2.24, 2.45) is 16.7 Å². The van der Waals surface area contributed by atoms with Gasteiger partial charge in [-0.3, -0.25) is 9.78 Å². The molecule has 0 aliphatic heterocycles. The smallest absolute Gasteiger partial charge is 0.224 e. The third kappa shape index (κ3) is 2.92. The lowest BCUT2D eigenvalue weighted by atomic mass is 10.0. The fourth-order valence-electron chi connectivity index (χ4n) is 3.77. The molecule has 1 amide bonds. The molecule has 0 saturated heterocycles. The number of aryl methyl sites for hydroxylation is 1. The minimum Gasteiger partial charge on any atom is -0.349 e. The highest BCUT2D eigenvalue weighted by molar-refractivity contribution is 5.84. The zero-order chi connectivity index (χ0) is 18.4. The maximum absolute atomic E-state index is 12.7. The summed E-state index contributed by atoms with van der Waals surface area (Å²) in [5.41, 5.74) is 2.83. The molecule has 1 aliphatic carbocycles. The van der Waals surface area contributed by atoms with Gasteiger partial charge in [-0.2, -0.15) is 0 Å². The van der Waals surface area contributed by atoms with E-state index in [-0.39, 0.29) is 28.7 Å². The van der Waals surface area contributed by atoms with Crippen LogP contribution < -0.4 is 5.32 Å². The molecule has 0 aromatic carbocycles. The highest BCUT2D eigenvalue weighted by Crippen LogP contribution is 2.68. The molecule has 1 saturated carbocycles. The van der Waals surface area contributed by atoms with Crippen molar-refractivity contribution in [2.45, 2.75) is 47.6 Å². The molecule has 132 valence electrons. The first-order valence-corrected chi connectivity index (χ1v) is 8.70. The maximum atomic E-state index is 12.7. The highest BCUT2D eigenvalue weighted by Gasteiger charge is 2.68. The van der Waals surface area contributed by atoms with Crippen molar-refractivity contribution < 1.29 is 4.79 Å². The van der Waals surface area contributed by atoms with Gasteiger partial charge < -0.3 is 5.32 Å². The number of amides is 1. The number of aromatic nitrogens is 3. The number of carbonyl (C=O) groups excluding carboxylic acids is 1. The molecule has 5 nitrogen and oxygen atoms in total. The Hall–Kier alpha value is -2.30. The summed E-state index contributed by atoms with van der Waals surface area (Å²) < 4.78 is 0. The summed E-state index contributed by atoms with van der Waals surface area (Å²) in [6.45, 7) is 12.5. The number of nitrogens with one attached hydrogen (secondary N) is 1. The second-order valence-corrected chi connectivity index (χ2v) is 8.08. The molecule has 5 heteroatoms. The summed E-state index contributed by atoms with van der Waals surface area (Å²) >= 11 is 0. The second kappa shape index (κ2) is 5.90. The van der Waals surface area contributed by atoms with Gasteiger partial charge in [0.1, 0.15) is 0 Å². The Labute approximate surface area is 149 Å². The lowest BCUT2D eigenvalue weighted by Crippen LogP contribution is -2.30. The van der Waals surface area contributed by atoms with Gasteiger partial charge in [-0.05, 0) is 36.8 Å². The Kier molecular flexibility index (Phi) is 4.13. The second-order valence-electron chi connectivity index (χ2n) is 8.08. The molecule has 0 unspecified atom stereocenters. The van der Waals surface area contributed by atoms with Crippen LogP contribution in [0.5, 0.6) is 0 Å². The first kappa shape index (κ1) is 17.5. The van der Waals surface area contributed by atoms with E-state index in [4.69, 9.17) is 0 Å². The van der Waals surface area contributed by atoms with E-state index in [2.05, 4.69) is 48.0 Å². The van der Waals surface area contributed by atoms with Crippen molar-refractivity contribution >= 4 is 5.91 Å². The fraction of sp³-hybridized carbons (Fsp3) is 0.500. The van der Waals surface area contributed by atoms with E-state index < -0.39 is 0 Å². The van der Waals surface area contributed by atoms with Crippen LogP contribution in [0.25, 0.3) is 11.4 Å². The van der Waals surface area contributed by atoms with E-state index in [1.807, 2.05) is 32.2 Å². The van der Waals surface area contributed by atoms with Crippen LogP contribution in [0.3, 0.4) is 0 Å². The Bertz CT molecular complexity index is 785. The fourth-order valence-corrected chi connectivity index (χ4v) is 3.77. The molecule has 1 fully saturated rings. The minimum absolute atomic E-state index is 0.0353. The first-order chi connectivity index (χ1) is 11.7. The molecule has 1 aliphatic rings. The molecule has 2 aromatic rings. The van der Waals surface area contributed by atoms with Gasteiger partial charge in [-0.1, -0.05) is 27.7 Å². The van der Waals surface area contributed by atoms with Gasteiger partial charge in [-0.25, -0.2) is 9.97 Å². The maximum Gasteiger partial charge on any atom is 0.224 e. The number of hydrogen-bond acceptors (Lipinski definition) is 4. The number of rotatable bonds is 4. The zero-order valence-corrected chi connectivity index (χ0v) is 15.8. The summed E-state index contributed by atoms with van der Waals surface area (Å²) in [5.74, 6) is 0.825. The van der Waals surface area contributed by atoms with Crippen LogP contribution in [0.2, 0.25) is 0 Å². The van der Waals surface area contributed by atoms with Gasteiger partial charge in [-0.15, -0.1) is 0 Å². The first-order valence-electron chi connectivity index (χ1n) is 8.70. The lowest BCUT2D eigenvalue weighted by Gasteiger charge is -2.17. The van der Waals surface area contributed by atoms with Crippen molar-refractivity contribution in [3.05, 3.63) is 42.0 Å². The van der Waals surface area contributed by atoms with E-state index in [0.29, 0.717) is 5.82 Å². The van der Waals surface area contributed by atoms with Crippen LogP contribution in [0.15, 0.2) is 30.7 Å². The summed E-state index contributed by atoms with van der Waals surface area (Å²) in [6, 6.07) is 3.65. The molecule has 1 N–H and O–H groups in total. The molecule has 1 atom stereocenters. The Balaban J connectivity index is 1.75. The number of hydrogen-bond donors (Lipinski definition) is 1. The average molecular weight is 338 g/mol. The van der Waals surface area contributed by atoms with Crippen molar-refractivity contribution in [1.29, 1.82) is 0 Å². The van der Waals surface area contributed by atoms with Crippen LogP contribution in [-0.4, -0.2) is 20.9 Å². The molecule has 0 spiro atoms. The van der Waals surface area contributed by atoms with E-state index >= 15 is 0 Å². The third-order valence-electron chi connectivity index (χ3n) is 6.06. The largest absolute Gasteiger partial charge is 0.349 e. The van der Waals surface area contributed by atoms with Gasteiger partial charge in [0.15, 0.2) is 5.82 Å². The summed E-state index contributed by atoms with van der Waals surface area (Å²) in [4.78, 5) is 25.7. The van der Waals surface area contributed by atoms with Gasteiger partial charge in [0, 0.05) is 41.3 Å². The van der Waals surface area contributed by atoms with Gasteiger partial charge in [0.2, 0.25) is 5.91 Å². The number of pyridine rings is 1. The van der Waals surface area contributed by atoms with Crippen molar-refractivity contribution in [1.82, 2.24) is 20.3 Å². The molecule has 0 radical (unpaired) electrons. The predicted octanol–water partition coefficient (Wildman–Crippen LogP) is 3.71. The van der Waals surface area contributed by atoms with Crippen LogP contribution in [-0.2, 0) is 4.79 Å².